The topological polar surface area (TPSA) is 59.6 Å². The van der Waals surface area contributed by atoms with Crippen molar-refractivity contribution in [2.24, 2.45) is 0 Å². The predicted molar refractivity (Wildman–Crippen MR) is 68.1 cm³/mol. The molecular weight excluding hydrogens is 220 g/mol. The highest BCUT2D eigenvalue weighted by molar-refractivity contribution is 5.77. The van der Waals surface area contributed by atoms with Gasteiger partial charge in [-0.3, -0.25) is 4.79 Å². The lowest BCUT2D eigenvalue weighted by molar-refractivity contribution is -0.120. The second-order valence-electron chi connectivity index (χ2n) is 3.84. The van der Waals surface area contributed by atoms with E-state index in [2.05, 4.69) is 17.6 Å². The first-order valence-electron chi connectivity index (χ1n) is 6.35. The van der Waals surface area contributed by atoms with Crippen molar-refractivity contribution in [3.8, 4) is 0 Å². The van der Waals surface area contributed by atoms with Crippen molar-refractivity contribution in [1.29, 1.82) is 0 Å². The molecule has 5 heteroatoms. The van der Waals surface area contributed by atoms with Crippen LogP contribution in [0.25, 0.3) is 0 Å². The molecule has 0 saturated heterocycles. The summed E-state index contributed by atoms with van der Waals surface area (Å²) >= 11 is 0. The Kier molecular flexibility index (Phi) is 12.9. The summed E-state index contributed by atoms with van der Waals surface area (Å²) in [5.41, 5.74) is 0. The Morgan fingerprint density at radius 3 is 2.59 bits per heavy atom. The van der Waals surface area contributed by atoms with Gasteiger partial charge in [-0.1, -0.05) is 13.3 Å². The molecule has 0 aromatic rings. The minimum absolute atomic E-state index is 0.00829. The van der Waals surface area contributed by atoms with Crippen LogP contribution in [0.3, 0.4) is 0 Å². The molecule has 0 bridgehead atoms. The molecule has 1 amide bonds. The lowest BCUT2D eigenvalue weighted by Crippen LogP contribution is -2.36. The van der Waals surface area contributed by atoms with Crippen molar-refractivity contribution >= 4 is 5.91 Å². The fourth-order valence-electron chi connectivity index (χ4n) is 1.20. The van der Waals surface area contributed by atoms with Crippen molar-refractivity contribution in [3.63, 3.8) is 0 Å². The summed E-state index contributed by atoms with van der Waals surface area (Å²) in [5, 5.41) is 5.81. The van der Waals surface area contributed by atoms with Crippen molar-refractivity contribution < 1.29 is 14.3 Å². The van der Waals surface area contributed by atoms with Crippen LogP contribution >= 0.6 is 0 Å². The van der Waals surface area contributed by atoms with E-state index in [0.717, 1.165) is 32.6 Å². The lowest BCUT2D eigenvalue weighted by atomic mass is 10.3. The monoisotopic (exact) mass is 246 g/mol. The molecule has 0 aliphatic carbocycles. The van der Waals surface area contributed by atoms with Crippen molar-refractivity contribution in [3.05, 3.63) is 0 Å². The zero-order valence-electron chi connectivity index (χ0n) is 11.1. The van der Waals surface area contributed by atoms with E-state index in [-0.39, 0.29) is 5.91 Å². The Morgan fingerprint density at radius 1 is 1.12 bits per heavy atom. The molecule has 17 heavy (non-hydrogen) atoms. The van der Waals surface area contributed by atoms with E-state index < -0.39 is 0 Å². The van der Waals surface area contributed by atoms with Gasteiger partial charge in [0, 0.05) is 26.9 Å². The van der Waals surface area contributed by atoms with Gasteiger partial charge in [0.2, 0.25) is 5.91 Å². The number of nitrogens with one attached hydrogen (secondary N) is 2. The van der Waals surface area contributed by atoms with Crippen LogP contribution in [0, 0.1) is 0 Å². The summed E-state index contributed by atoms with van der Waals surface area (Å²) in [6.07, 6.45) is 3.23. The zero-order valence-corrected chi connectivity index (χ0v) is 11.1. The third kappa shape index (κ3) is 13.3. The van der Waals surface area contributed by atoms with E-state index in [1.165, 1.54) is 6.42 Å². The number of carbonyl (C=O) groups excluding carboxylic acids is 1. The number of methoxy groups -OCH3 is 1. The molecule has 0 aliphatic heterocycles. The summed E-state index contributed by atoms with van der Waals surface area (Å²) in [6.45, 7) is 6.04. The molecule has 0 rings (SSSR count). The summed E-state index contributed by atoms with van der Waals surface area (Å²) in [7, 11) is 1.61. The first-order chi connectivity index (χ1) is 8.31. The van der Waals surface area contributed by atoms with E-state index in [1.54, 1.807) is 7.11 Å². The average Bonchev–Trinajstić information content (AvgIpc) is 2.33. The maximum absolute atomic E-state index is 11.2. The SMILES string of the molecule is CCCCOCCCNCC(=O)NCCOC. The molecule has 5 nitrogen and oxygen atoms in total. The minimum atomic E-state index is 0.00829. The minimum Gasteiger partial charge on any atom is -0.383 e. The lowest BCUT2D eigenvalue weighted by Gasteiger charge is -2.06. The molecule has 0 heterocycles. The standard InChI is InChI=1S/C12H26N2O3/c1-3-4-8-17-9-5-6-13-11-12(15)14-7-10-16-2/h13H,3-11H2,1-2H3,(H,14,15). The Hall–Kier alpha value is -0.650. The van der Waals surface area contributed by atoms with Gasteiger partial charge in [0.1, 0.15) is 0 Å². The molecule has 0 aromatic carbocycles. The second kappa shape index (κ2) is 13.4. The highest BCUT2D eigenvalue weighted by Gasteiger charge is 1.98. The van der Waals surface area contributed by atoms with Crippen molar-refractivity contribution in [2.45, 2.75) is 26.2 Å². The van der Waals surface area contributed by atoms with Gasteiger partial charge in [0.25, 0.3) is 0 Å². The van der Waals surface area contributed by atoms with E-state index in [1.807, 2.05) is 0 Å². The van der Waals surface area contributed by atoms with Crippen molar-refractivity contribution in [2.75, 3.05) is 46.6 Å². The molecule has 0 unspecified atom stereocenters. The van der Waals surface area contributed by atoms with Gasteiger partial charge in [0.15, 0.2) is 0 Å². The first kappa shape index (κ1) is 16.4. The number of ether oxygens (including phenoxy) is 2. The fourth-order valence-corrected chi connectivity index (χ4v) is 1.20. The molecule has 0 radical (unpaired) electrons. The maximum atomic E-state index is 11.2. The molecule has 0 aromatic heterocycles. The second-order valence-corrected chi connectivity index (χ2v) is 3.84. The molecule has 0 spiro atoms. The highest BCUT2D eigenvalue weighted by atomic mass is 16.5. The number of amides is 1. The van der Waals surface area contributed by atoms with Crippen LogP contribution in [0.1, 0.15) is 26.2 Å². The zero-order chi connectivity index (χ0) is 12.8. The Morgan fingerprint density at radius 2 is 1.88 bits per heavy atom. The number of carbonyl (C=O) groups is 1. The van der Waals surface area contributed by atoms with E-state index >= 15 is 0 Å². The molecule has 0 aliphatic rings. The van der Waals surface area contributed by atoms with Gasteiger partial charge >= 0.3 is 0 Å². The Labute approximate surface area is 104 Å². The smallest absolute Gasteiger partial charge is 0.234 e. The van der Waals surface area contributed by atoms with Crippen LogP contribution in [0.2, 0.25) is 0 Å². The van der Waals surface area contributed by atoms with Crippen LogP contribution in [-0.4, -0.2) is 52.5 Å². The normalized spacial score (nSPS) is 10.5. The number of rotatable bonds is 12. The Bertz CT molecular complexity index is 177. The summed E-state index contributed by atoms with van der Waals surface area (Å²) < 4.78 is 10.2. The van der Waals surface area contributed by atoms with Gasteiger partial charge in [-0.15, -0.1) is 0 Å². The van der Waals surface area contributed by atoms with Crippen LogP contribution in [-0.2, 0) is 14.3 Å². The van der Waals surface area contributed by atoms with Gasteiger partial charge in [-0.25, -0.2) is 0 Å². The van der Waals surface area contributed by atoms with Crippen LogP contribution in [0.4, 0.5) is 0 Å². The fraction of sp³-hybridized carbons (Fsp3) is 0.917. The molecule has 0 atom stereocenters. The average molecular weight is 246 g/mol. The van der Waals surface area contributed by atoms with E-state index in [4.69, 9.17) is 9.47 Å². The van der Waals surface area contributed by atoms with Crippen molar-refractivity contribution in [1.82, 2.24) is 10.6 Å². The Balaban J connectivity index is 3.08. The summed E-state index contributed by atoms with van der Waals surface area (Å²) in [5.74, 6) is 0.00829. The van der Waals surface area contributed by atoms with Gasteiger partial charge in [-0.2, -0.15) is 0 Å². The van der Waals surface area contributed by atoms with Crippen LogP contribution in [0.5, 0.6) is 0 Å². The maximum Gasteiger partial charge on any atom is 0.234 e. The van der Waals surface area contributed by atoms with E-state index in [0.29, 0.717) is 19.7 Å². The summed E-state index contributed by atoms with van der Waals surface area (Å²) in [4.78, 5) is 11.2. The highest BCUT2D eigenvalue weighted by Crippen LogP contribution is 1.88. The van der Waals surface area contributed by atoms with Gasteiger partial charge in [-0.05, 0) is 19.4 Å². The molecule has 0 fully saturated rings. The van der Waals surface area contributed by atoms with Crippen LogP contribution < -0.4 is 10.6 Å². The number of hydrogen-bond acceptors (Lipinski definition) is 4. The molecule has 0 saturated carbocycles. The number of unbranched alkanes of at least 4 members (excludes halogenated alkanes) is 1. The largest absolute Gasteiger partial charge is 0.383 e. The molecule has 2 N–H and O–H groups in total. The third-order valence-corrected chi connectivity index (χ3v) is 2.20. The number of hydrogen-bond donors (Lipinski definition) is 2. The summed E-state index contributed by atoms with van der Waals surface area (Å²) in [6, 6.07) is 0. The van der Waals surface area contributed by atoms with Crippen LogP contribution in [0.15, 0.2) is 0 Å². The quantitative estimate of drug-likeness (QED) is 0.494. The van der Waals surface area contributed by atoms with E-state index in [9.17, 15) is 4.79 Å². The predicted octanol–water partition coefficient (Wildman–Crippen LogP) is 0.545. The third-order valence-electron chi connectivity index (χ3n) is 2.20. The first-order valence-corrected chi connectivity index (χ1v) is 6.35. The van der Waals surface area contributed by atoms with Gasteiger partial charge in [0.05, 0.1) is 13.2 Å². The molecule has 102 valence electrons. The van der Waals surface area contributed by atoms with Gasteiger partial charge < -0.3 is 20.1 Å². The molecular formula is C12H26N2O3.